The monoisotopic (exact) mass is 231 g/mol. The van der Waals surface area contributed by atoms with Crippen LogP contribution >= 0.6 is 12.4 Å². The normalized spacial score (nSPS) is 19.1. The molecule has 3 N–H and O–H groups in total. The van der Waals surface area contributed by atoms with E-state index in [4.69, 9.17) is 5.73 Å². The first-order valence-corrected chi connectivity index (χ1v) is 4.87. The smallest absolute Gasteiger partial charge is 0.123 e. The maximum absolute atomic E-state index is 12.6. The van der Waals surface area contributed by atoms with Gasteiger partial charge in [-0.3, -0.25) is 0 Å². The van der Waals surface area contributed by atoms with Gasteiger partial charge >= 0.3 is 0 Å². The third-order valence-corrected chi connectivity index (χ3v) is 2.73. The van der Waals surface area contributed by atoms with E-state index in [2.05, 4.69) is 0 Å². The van der Waals surface area contributed by atoms with Gasteiger partial charge in [0.1, 0.15) is 5.82 Å². The molecule has 0 heterocycles. The lowest BCUT2D eigenvalue weighted by atomic mass is 9.99. The van der Waals surface area contributed by atoms with Crippen molar-refractivity contribution in [2.45, 2.75) is 25.0 Å². The van der Waals surface area contributed by atoms with Gasteiger partial charge in [-0.15, -0.1) is 12.4 Å². The van der Waals surface area contributed by atoms with E-state index >= 15 is 0 Å². The molecule has 4 heteroatoms. The Morgan fingerprint density at radius 2 is 1.80 bits per heavy atom. The third kappa shape index (κ3) is 2.91. The third-order valence-electron chi connectivity index (χ3n) is 2.73. The van der Waals surface area contributed by atoms with Crippen molar-refractivity contribution in [3.05, 3.63) is 35.6 Å². The fourth-order valence-electron chi connectivity index (χ4n) is 1.61. The summed E-state index contributed by atoms with van der Waals surface area (Å²) in [7, 11) is 0. The molecule has 0 amide bonds. The van der Waals surface area contributed by atoms with Gasteiger partial charge in [0.25, 0.3) is 0 Å². The van der Waals surface area contributed by atoms with E-state index in [1.54, 1.807) is 12.1 Å². The van der Waals surface area contributed by atoms with Crippen LogP contribution in [0, 0.1) is 11.7 Å². The first kappa shape index (κ1) is 12.4. The Bertz CT molecular complexity index is 313. The van der Waals surface area contributed by atoms with Gasteiger partial charge in [0, 0.05) is 0 Å². The SMILES string of the molecule is Cl.N[C@H](c1ccc(F)cc1)[C@@H](O)C1CC1. The summed E-state index contributed by atoms with van der Waals surface area (Å²) >= 11 is 0. The average molecular weight is 232 g/mol. The highest BCUT2D eigenvalue weighted by atomic mass is 35.5. The van der Waals surface area contributed by atoms with Gasteiger partial charge in [0.15, 0.2) is 0 Å². The molecule has 2 rings (SSSR count). The Kier molecular flexibility index (Phi) is 4.08. The first-order chi connectivity index (χ1) is 6.68. The van der Waals surface area contributed by atoms with Crippen LogP contribution in [-0.4, -0.2) is 11.2 Å². The van der Waals surface area contributed by atoms with Gasteiger partial charge in [-0.25, -0.2) is 4.39 Å². The minimum absolute atomic E-state index is 0. The lowest BCUT2D eigenvalue weighted by Gasteiger charge is -2.18. The molecule has 1 saturated carbocycles. The molecule has 0 radical (unpaired) electrons. The molecule has 0 spiro atoms. The van der Waals surface area contributed by atoms with Gasteiger partial charge in [0.05, 0.1) is 12.1 Å². The zero-order valence-electron chi connectivity index (χ0n) is 8.27. The summed E-state index contributed by atoms with van der Waals surface area (Å²) in [6.45, 7) is 0. The number of nitrogens with two attached hydrogens (primary N) is 1. The molecule has 0 saturated heterocycles. The zero-order valence-corrected chi connectivity index (χ0v) is 9.08. The van der Waals surface area contributed by atoms with E-state index in [1.165, 1.54) is 12.1 Å². The molecule has 2 atom stereocenters. The molecule has 0 unspecified atom stereocenters. The summed E-state index contributed by atoms with van der Waals surface area (Å²) < 4.78 is 12.6. The van der Waals surface area contributed by atoms with Crippen LogP contribution in [0.1, 0.15) is 24.4 Å². The van der Waals surface area contributed by atoms with Crippen molar-refractivity contribution in [1.82, 2.24) is 0 Å². The predicted molar refractivity (Wildman–Crippen MR) is 59.3 cm³/mol. The lowest BCUT2D eigenvalue weighted by molar-refractivity contribution is 0.122. The molecule has 1 aromatic rings. The molecule has 0 aliphatic heterocycles. The maximum Gasteiger partial charge on any atom is 0.123 e. The zero-order chi connectivity index (χ0) is 10.1. The molecular formula is C11H15ClFNO. The number of hydrogen-bond donors (Lipinski definition) is 2. The summed E-state index contributed by atoms with van der Waals surface area (Å²) in [4.78, 5) is 0. The summed E-state index contributed by atoms with van der Waals surface area (Å²) in [6, 6.07) is 5.61. The number of aliphatic hydroxyl groups excluding tert-OH is 1. The molecule has 1 fully saturated rings. The Hall–Kier alpha value is -0.640. The van der Waals surface area contributed by atoms with Crippen LogP contribution in [-0.2, 0) is 0 Å². The van der Waals surface area contributed by atoms with E-state index in [1.807, 2.05) is 0 Å². The van der Waals surface area contributed by atoms with Crippen LogP contribution in [0.2, 0.25) is 0 Å². The number of halogens is 2. The Balaban J connectivity index is 0.00000112. The maximum atomic E-state index is 12.6. The van der Waals surface area contributed by atoms with Gasteiger partial charge in [0.2, 0.25) is 0 Å². The van der Waals surface area contributed by atoms with Gasteiger partial charge in [-0.05, 0) is 36.5 Å². The van der Waals surface area contributed by atoms with Crippen LogP contribution in [0.25, 0.3) is 0 Å². The summed E-state index contributed by atoms with van der Waals surface area (Å²) in [6.07, 6.45) is 1.62. The number of benzene rings is 1. The fourth-order valence-corrected chi connectivity index (χ4v) is 1.61. The lowest BCUT2D eigenvalue weighted by Crippen LogP contribution is -2.27. The predicted octanol–water partition coefficient (Wildman–Crippen LogP) is 2.02. The molecule has 1 aliphatic rings. The van der Waals surface area contributed by atoms with Crippen LogP contribution in [0.3, 0.4) is 0 Å². The fraction of sp³-hybridized carbons (Fsp3) is 0.455. The van der Waals surface area contributed by atoms with Crippen molar-refractivity contribution in [2.75, 3.05) is 0 Å². The molecule has 1 aromatic carbocycles. The van der Waals surface area contributed by atoms with Crippen molar-refractivity contribution < 1.29 is 9.50 Å². The van der Waals surface area contributed by atoms with E-state index < -0.39 is 6.10 Å². The number of rotatable bonds is 3. The topological polar surface area (TPSA) is 46.2 Å². The second kappa shape index (κ2) is 4.92. The van der Waals surface area contributed by atoms with Crippen molar-refractivity contribution in [1.29, 1.82) is 0 Å². The Labute approximate surface area is 94.7 Å². The van der Waals surface area contributed by atoms with Crippen LogP contribution < -0.4 is 5.73 Å². The molecule has 2 nitrogen and oxygen atoms in total. The highest BCUT2D eigenvalue weighted by Crippen LogP contribution is 2.37. The van der Waals surface area contributed by atoms with E-state index in [9.17, 15) is 9.50 Å². The van der Waals surface area contributed by atoms with Gasteiger partial charge in [-0.2, -0.15) is 0 Å². The molecule has 0 bridgehead atoms. The minimum Gasteiger partial charge on any atom is -0.391 e. The molecular weight excluding hydrogens is 217 g/mol. The van der Waals surface area contributed by atoms with Crippen LogP contribution in [0.15, 0.2) is 24.3 Å². The number of hydrogen-bond acceptors (Lipinski definition) is 2. The largest absolute Gasteiger partial charge is 0.391 e. The van der Waals surface area contributed by atoms with Crippen molar-refractivity contribution in [2.24, 2.45) is 11.7 Å². The van der Waals surface area contributed by atoms with E-state index in [0.717, 1.165) is 18.4 Å². The molecule has 84 valence electrons. The summed E-state index contributed by atoms with van der Waals surface area (Å²) in [5.41, 5.74) is 6.65. The number of aliphatic hydroxyl groups is 1. The second-order valence-corrected chi connectivity index (χ2v) is 3.91. The quantitative estimate of drug-likeness (QED) is 0.836. The highest BCUT2D eigenvalue weighted by molar-refractivity contribution is 5.85. The summed E-state index contributed by atoms with van der Waals surface area (Å²) in [5.74, 6) is 0.0666. The summed E-state index contributed by atoms with van der Waals surface area (Å²) in [5, 5.41) is 9.76. The Morgan fingerprint density at radius 1 is 1.27 bits per heavy atom. The first-order valence-electron chi connectivity index (χ1n) is 4.87. The average Bonchev–Trinajstić information content (AvgIpc) is 3.00. The highest BCUT2D eigenvalue weighted by Gasteiger charge is 2.34. The standard InChI is InChI=1S/C11H14FNO.ClH/c12-9-5-3-7(4-6-9)10(13)11(14)8-1-2-8;/h3-6,8,10-11,14H,1-2,13H2;1H/t10-,11+;/m1./s1. The van der Waals surface area contributed by atoms with Gasteiger partial charge in [-0.1, -0.05) is 12.1 Å². The van der Waals surface area contributed by atoms with Crippen LogP contribution in [0.4, 0.5) is 4.39 Å². The van der Waals surface area contributed by atoms with Crippen LogP contribution in [0.5, 0.6) is 0 Å². The van der Waals surface area contributed by atoms with Crippen molar-refractivity contribution in [3.8, 4) is 0 Å². The van der Waals surface area contributed by atoms with Crippen molar-refractivity contribution in [3.63, 3.8) is 0 Å². The van der Waals surface area contributed by atoms with Crippen molar-refractivity contribution >= 4 is 12.4 Å². The molecule has 15 heavy (non-hydrogen) atoms. The minimum atomic E-state index is -0.486. The van der Waals surface area contributed by atoms with E-state index in [0.29, 0.717) is 5.92 Å². The van der Waals surface area contributed by atoms with E-state index in [-0.39, 0.29) is 24.3 Å². The van der Waals surface area contributed by atoms with Gasteiger partial charge < -0.3 is 10.8 Å². The molecule has 0 aromatic heterocycles. The molecule has 1 aliphatic carbocycles. The Morgan fingerprint density at radius 3 is 2.27 bits per heavy atom. The second-order valence-electron chi connectivity index (χ2n) is 3.91.